The Morgan fingerprint density at radius 3 is 1.09 bits per heavy atom. The van der Waals surface area contributed by atoms with Gasteiger partial charge in [-0.05, 0) is 47.2 Å². The number of nitrogens with one attached hydrogen (secondary N) is 2. The second-order valence-electron chi connectivity index (χ2n) is 8.04. The van der Waals surface area contributed by atoms with Crippen LogP contribution in [0.25, 0.3) is 21.5 Å². The summed E-state index contributed by atoms with van der Waals surface area (Å²) in [5.41, 5.74) is 4.52. The largest absolute Gasteiger partial charge is 0.355 e. The molecule has 0 fully saturated rings. The highest BCUT2D eigenvalue weighted by atomic mass is 14.9. The van der Waals surface area contributed by atoms with Crippen LogP contribution in [0.3, 0.4) is 0 Å². The molecule has 2 nitrogen and oxygen atoms in total. The summed E-state index contributed by atoms with van der Waals surface area (Å²) < 4.78 is 0. The number of benzene rings is 6. The summed E-state index contributed by atoms with van der Waals surface area (Å²) in [5, 5.41) is 11.9. The minimum Gasteiger partial charge on any atom is -0.355 e. The molecule has 0 bridgehead atoms. The van der Waals surface area contributed by atoms with Gasteiger partial charge in [-0.2, -0.15) is 0 Å². The number of rotatable bonds is 4. The number of para-hydroxylation sites is 2. The van der Waals surface area contributed by atoms with Crippen molar-refractivity contribution in [2.24, 2.45) is 0 Å². The molecule has 6 aromatic rings. The van der Waals surface area contributed by atoms with Gasteiger partial charge in [-0.3, -0.25) is 0 Å². The molecule has 2 N–H and O–H groups in total. The van der Waals surface area contributed by atoms with Crippen molar-refractivity contribution in [1.82, 2.24) is 0 Å². The first-order valence-electron chi connectivity index (χ1n) is 11.5. The standard InChI is InChI=1S/2C16H13N/c2*1-2-9-14(10-3-1)17-16-12-6-8-13-7-4-5-11-15(13)16/h2*1-12,17H. The first-order chi connectivity index (χ1) is 16.9. The van der Waals surface area contributed by atoms with Crippen LogP contribution in [0.4, 0.5) is 22.7 Å². The molecule has 0 aliphatic rings. The van der Waals surface area contributed by atoms with Gasteiger partial charge in [-0.1, -0.05) is 109 Å². The lowest BCUT2D eigenvalue weighted by molar-refractivity contribution is 1.58. The van der Waals surface area contributed by atoms with Crippen LogP contribution in [0.15, 0.2) is 146 Å². The maximum Gasteiger partial charge on any atom is 0.0463 e. The summed E-state index contributed by atoms with van der Waals surface area (Å²) in [6.45, 7) is 0. The van der Waals surface area contributed by atoms with E-state index in [0.29, 0.717) is 0 Å². The van der Waals surface area contributed by atoms with Crippen molar-refractivity contribution in [2.75, 3.05) is 10.6 Å². The van der Waals surface area contributed by atoms with Gasteiger partial charge in [0.1, 0.15) is 0 Å². The SMILES string of the molecule is c1ccc(Nc2cccc3ccccc23)cc1.c1ccc(Nc2cccc3ccccc23)cc1. The van der Waals surface area contributed by atoms with E-state index < -0.39 is 0 Å². The molecular formula is C32H26N2. The zero-order chi connectivity index (χ0) is 23.0. The number of hydrogen-bond acceptors (Lipinski definition) is 2. The third kappa shape index (κ3) is 5.08. The molecule has 0 aliphatic heterocycles. The molecule has 0 atom stereocenters. The molecule has 2 heteroatoms. The average Bonchev–Trinajstić information content (AvgIpc) is 2.91. The zero-order valence-electron chi connectivity index (χ0n) is 18.9. The van der Waals surface area contributed by atoms with Crippen LogP contribution in [0.5, 0.6) is 0 Å². The van der Waals surface area contributed by atoms with Crippen LogP contribution in [0.2, 0.25) is 0 Å². The number of hydrogen-bond donors (Lipinski definition) is 2. The average molecular weight is 439 g/mol. The molecule has 164 valence electrons. The van der Waals surface area contributed by atoms with Crippen molar-refractivity contribution in [1.29, 1.82) is 0 Å². The van der Waals surface area contributed by atoms with Crippen LogP contribution in [0, 0.1) is 0 Å². The maximum atomic E-state index is 3.45. The fraction of sp³-hybridized carbons (Fsp3) is 0. The van der Waals surface area contributed by atoms with E-state index in [2.05, 4.69) is 120 Å². The molecule has 6 aromatic carbocycles. The Morgan fingerprint density at radius 1 is 0.294 bits per heavy atom. The molecule has 0 spiro atoms. The van der Waals surface area contributed by atoms with Gasteiger partial charge >= 0.3 is 0 Å². The Morgan fingerprint density at radius 2 is 0.647 bits per heavy atom. The highest BCUT2D eigenvalue weighted by molar-refractivity contribution is 5.96. The Hall–Kier alpha value is -4.56. The van der Waals surface area contributed by atoms with E-state index in [0.717, 1.165) is 22.7 Å². The van der Waals surface area contributed by atoms with Crippen molar-refractivity contribution in [3.05, 3.63) is 146 Å². The van der Waals surface area contributed by atoms with Crippen molar-refractivity contribution in [3.63, 3.8) is 0 Å². The lowest BCUT2D eigenvalue weighted by Crippen LogP contribution is -1.90. The summed E-state index contributed by atoms with van der Waals surface area (Å²) in [5.74, 6) is 0. The lowest BCUT2D eigenvalue weighted by Gasteiger charge is -2.09. The van der Waals surface area contributed by atoms with Crippen LogP contribution in [-0.2, 0) is 0 Å². The van der Waals surface area contributed by atoms with Gasteiger partial charge < -0.3 is 10.6 Å². The molecule has 0 aromatic heterocycles. The minimum absolute atomic E-state index is 1.11. The topological polar surface area (TPSA) is 24.1 Å². The van der Waals surface area contributed by atoms with E-state index in [1.807, 2.05) is 36.4 Å². The van der Waals surface area contributed by atoms with Crippen molar-refractivity contribution in [3.8, 4) is 0 Å². The second kappa shape index (κ2) is 10.4. The van der Waals surface area contributed by atoms with Crippen LogP contribution in [0.1, 0.15) is 0 Å². The molecular weight excluding hydrogens is 412 g/mol. The lowest BCUT2D eigenvalue weighted by atomic mass is 10.1. The maximum absolute atomic E-state index is 3.45. The molecule has 34 heavy (non-hydrogen) atoms. The Balaban J connectivity index is 0.000000142. The van der Waals surface area contributed by atoms with Gasteiger partial charge in [0.05, 0.1) is 0 Å². The summed E-state index contributed by atoms with van der Waals surface area (Å²) in [6.07, 6.45) is 0. The molecule has 0 aliphatic carbocycles. The number of anilines is 4. The molecule has 0 unspecified atom stereocenters. The predicted octanol–water partition coefficient (Wildman–Crippen LogP) is 9.17. The fourth-order valence-corrected chi connectivity index (χ4v) is 4.02. The first-order valence-corrected chi connectivity index (χ1v) is 11.5. The van der Waals surface area contributed by atoms with Crippen molar-refractivity contribution >= 4 is 44.3 Å². The zero-order valence-corrected chi connectivity index (χ0v) is 18.9. The third-order valence-electron chi connectivity index (χ3n) is 5.68. The van der Waals surface area contributed by atoms with E-state index in [-0.39, 0.29) is 0 Å². The highest BCUT2D eigenvalue weighted by Crippen LogP contribution is 2.27. The highest BCUT2D eigenvalue weighted by Gasteiger charge is 2.00. The molecule has 6 rings (SSSR count). The van der Waals surface area contributed by atoms with Crippen molar-refractivity contribution < 1.29 is 0 Å². The summed E-state index contributed by atoms with van der Waals surface area (Å²) in [7, 11) is 0. The van der Waals surface area contributed by atoms with Gasteiger partial charge in [-0.25, -0.2) is 0 Å². The van der Waals surface area contributed by atoms with Gasteiger partial charge in [0.25, 0.3) is 0 Å². The van der Waals surface area contributed by atoms with Gasteiger partial charge in [0, 0.05) is 33.5 Å². The van der Waals surface area contributed by atoms with Crippen LogP contribution in [-0.4, -0.2) is 0 Å². The fourth-order valence-electron chi connectivity index (χ4n) is 4.02. The predicted molar refractivity (Wildman–Crippen MR) is 147 cm³/mol. The van der Waals surface area contributed by atoms with E-state index in [4.69, 9.17) is 0 Å². The van der Waals surface area contributed by atoms with Crippen LogP contribution < -0.4 is 10.6 Å². The molecule has 0 saturated carbocycles. The normalized spacial score (nSPS) is 10.4. The molecule has 0 radical (unpaired) electrons. The second-order valence-corrected chi connectivity index (χ2v) is 8.04. The Labute approximate surface area is 200 Å². The minimum atomic E-state index is 1.11. The summed E-state index contributed by atoms with van der Waals surface area (Å²) in [6, 6.07) is 49.9. The van der Waals surface area contributed by atoms with Crippen molar-refractivity contribution in [2.45, 2.75) is 0 Å². The Bertz CT molecular complexity index is 1360. The van der Waals surface area contributed by atoms with E-state index in [9.17, 15) is 0 Å². The van der Waals surface area contributed by atoms with E-state index in [1.54, 1.807) is 0 Å². The monoisotopic (exact) mass is 438 g/mol. The molecule has 0 heterocycles. The van der Waals surface area contributed by atoms with E-state index >= 15 is 0 Å². The van der Waals surface area contributed by atoms with Gasteiger partial charge in [0.2, 0.25) is 0 Å². The first kappa shape index (κ1) is 21.3. The molecule has 0 saturated heterocycles. The smallest absolute Gasteiger partial charge is 0.0463 e. The Kier molecular flexibility index (Phi) is 6.50. The summed E-state index contributed by atoms with van der Waals surface area (Å²) in [4.78, 5) is 0. The molecule has 0 amide bonds. The third-order valence-corrected chi connectivity index (χ3v) is 5.68. The summed E-state index contributed by atoms with van der Waals surface area (Å²) >= 11 is 0. The number of fused-ring (bicyclic) bond motifs is 2. The van der Waals surface area contributed by atoms with E-state index in [1.165, 1.54) is 21.5 Å². The van der Waals surface area contributed by atoms with Gasteiger partial charge in [-0.15, -0.1) is 0 Å². The quantitative estimate of drug-likeness (QED) is 0.287. The van der Waals surface area contributed by atoms with Crippen LogP contribution >= 0.6 is 0 Å². The van der Waals surface area contributed by atoms with Gasteiger partial charge in [0.15, 0.2) is 0 Å².